The second kappa shape index (κ2) is 7.17. The standard InChI is InChI=1S/C16H11F4IN4O/c17-11-7-13-9(8-23-25(13)5-3-21)6-12(11)24-15(26)14-10(16(18,19)20)2-1-4-22-14/h1-2,4,6-8H,3,5H2,(H,24,26). The van der Waals surface area contributed by atoms with E-state index in [1.54, 1.807) is 4.68 Å². The summed E-state index contributed by atoms with van der Waals surface area (Å²) in [5.74, 6) is -1.92. The second-order valence-corrected chi connectivity index (χ2v) is 6.38. The molecule has 26 heavy (non-hydrogen) atoms. The number of alkyl halides is 4. The summed E-state index contributed by atoms with van der Waals surface area (Å²) in [5, 5.41) is 6.84. The normalized spacial score (nSPS) is 11.7. The minimum absolute atomic E-state index is 0.240. The third-order valence-electron chi connectivity index (χ3n) is 3.60. The van der Waals surface area contributed by atoms with Crippen LogP contribution in [0.4, 0.5) is 23.2 Å². The lowest BCUT2D eigenvalue weighted by molar-refractivity contribution is -0.138. The van der Waals surface area contributed by atoms with Gasteiger partial charge in [-0.3, -0.25) is 14.5 Å². The number of hydrogen-bond acceptors (Lipinski definition) is 3. The summed E-state index contributed by atoms with van der Waals surface area (Å²) in [7, 11) is 0. The van der Waals surface area contributed by atoms with E-state index in [0.717, 1.165) is 22.8 Å². The van der Waals surface area contributed by atoms with Gasteiger partial charge in [-0.1, -0.05) is 22.6 Å². The number of halogens is 5. The number of pyridine rings is 1. The molecule has 2 aromatic heterocycles. The lowest BCUT2D eigenvalue weighted by atomic mass is 10.1. The number of carbonyl (C=O) groups is 1. The maximum Gasteiger partial charge on any atom is 0.418 e. The molecule has 1 amide bonds. The van der Waals surface area contributed by atoms with Crippen molar-refractivity contribution in [3.8, 4) is 0 Å². The molecule has 1 aromatic carbocycles. The molecule has 0 fully saturated rings. The average Bonchev–Trinajstić information content (AvgIpc) is 2.96. The molecule has 0 aliphatic carbocycles. The van der Waals surface area contributed by atoms with Crippen LogP contribution in [-0.4, -0.2) is 25.1 Å². The molecule has 0 radical (unpaired) electrons. The molecule has 0 spiro atoms. The van der Waals surface area contributed by atoms with Crippen LogP contribution in [0.5, 0.6) is 0 Å². The SMILES string of the molecule is O=C(Nc1cc2cnn(CCI)c2cc1F)c1ncccc1C(F)(F)F. The second-order valence-electron chi connectivity index (χ2n) is 5.30. The molecule has 2 heterocycles. The lowest BCUT2D eigenvalue weighted by Crippen LogP contribution is -2.20. The van der Waals surface area contributed by atoms with Crippen molar-refractivity contribution < 1.29 is 22.4 Å². The molecule has 3 aromatic rings. The zero-order valence-electron chi connectivity index (χ0n) is 13.0. The van der Waals surface area contributed by atoms with Crippen molar-refractivity contribution in [2.24, 2.45) is 0 Å². The van der Waals surface area contributed by atoms with Gasteiger partial charge in [0.1, 0.15) is 11.5 Å². The molecule has 1 N–H and O–H groups in total. The summed E-state index contributed by atoms with van der Waals surface area (Å²) in [5.41, 5.74) is -1.71. The quantitative estimate of drug-likeness (QED) is 0.346. The summed E-state index contributed by atoms with van der Waals surface area (Å²) in [6.07, 6.45) is -2.18. The molecule has 10 heteroatoms. The van der Waals surface area contributed by atoms with Crippen LogP contribution in [0.25, 0.3) is 10.9 Å². The first kappa shape index (κ1) is 18.5. The number of amides is 1. The van der Waals surface area contributed by atoms with Crippen molar-refractivity contribution in [1.29, 1.82) is 0 Å². The number of fused-ring (bicyclic) bond motifs is 1. The molecular formula is C16H11F4IN4O. The number of nitrogens with one attached hydrogen (secondary N) is 1. The van der Waals surface area contributed by atoms with E-state index in [1.807, 2.05) is 0 Å². The zero-order valence-corrected chi connectivity index (χ0v) is 15.2. The molecule has 5 nitrogen and oxygen atoms in total. The van der Waals surface area contributed by atoms with E-state index in [4.69, 9.17) is 0 Å². The van der Waals surface area contributed by atoms with E-state index in [1.165, 1.54) is 18.3 Å². The number of carbonyl (C=O) groups excluding carboxylic acids is 1. The Kier molecular flexibility index (Phi) is 5.12. The Hall–Kier alpha value is -2.24. The molecule has 0 bridgehead atoms. The number of rotatable bonds is 4. The van der Waals surface area contributed by atoms with Crippen LogP contribution in [0, 0.1) is 5.82 Å². The van der Waals surface area contributed by atoms with Crippen LogP contribution in [0.2, 0.25) is 0 Å². The van der Waals surface area contributed by atoms with Gasteiger partial charge >= 0.3 is 6.18 Å². The first-order chi connectivity index (χ1) is 12.3. The molecule has 3 rings (SSSR count). The van der Waals surface area contributed by atoms with Gasteiger partial charge in [-0.25, -0.2) is 4.39 Å². The van der Waals surface area contributed by atoms with E-state index in [-0.39, 0.29) is 5.69 Å². The van der Waals surface area contributed by atoms with Crippen LogP contribution < -0.4 is 5.32 Å². The number of aryl methyl sites for hydroxylation is 1. The van der Waals surface area contributed by atoms with E-state index >= 15 is 0 Å². The van der Waals surface area contributed by atoms with Crippen molar-refractivity contribution in [3.63, 3.8) is 0 Å². The highest BCUT2D eigenvalue weighted by Gasteiger charge is 2.36. The molecule has 0 saturated heterocycles. The highest BCUT2D eigenvalue weighted by atomic mass is 127. The summed E-state index contributed by atoms with van der Waals surface area (Å²) in [6, 6.07) is 4.34. The largest absolute Gasteiger partial charge is 0.418 e. The van der Waals surface area contributed by atoms with Crippen LogP contribution >= 0.6 is 22.6 Å². The molecule has 0 atom stereocenters. The van der Waals surface area contributed by atoms with Gasteiger partial charge in [-0.2, -0.15) is 18.3 Å². The van der Waals surface area contributed by atoms with E-state index in [0.29, 0.717) is 17.4 Å². The van der Waals surface area contributed by atoms with Crippen LogP contribution in [0.3, 0.4) is 0 Å². The highest BCUT2D eigenvalue weighted by molar-refractivity contribution is 14.1. The maximum atomic E-state index is 14.3. The van der Waals surface area contributed by atoms with E-state index in [9.17, 15) is 22.4 Å². The Labute approximate surface area is 158 Å². The Morgan fingerprint density at radius 1 is 1.31 bits per heavy atom. The smallest absolute Gasteiger partial charge is 0.318 e. The van der Waals surface area contributed by atoms with Gasteiger partial charge in [-0.15, -0.1) is 0 Å². The van der Waals surface area contributed by atoms with Gasteiger partial charge in [0, 0.05) is 22.1 Å². The third kappa shape index (κ3) is 3.64. The van der Waals surface area contributed by atoms with Gasteiger partial charge in [0.05, 0.1) is 29.5 Å². The number of benzene rings is 1. The van der Waals surface area contributed by atoms with Gasteiger partial charge in [0.2, 0.25) is 0 Å². The van der Waals surface area contributed by atoms with Crippen molar-refractivity contribution in [1.82, 2.24) is 14.8 Å². The van der Waals surface area contributed by atoms with Crippen LogP contribution in [0.15, 0.2) is 36.7 Å². The Bertz CT molecular complexity index is 971. The number of nitrogens with zero attached hydrogens (tertiary/aromatic N) is 3. The Morgan fingerprint density at radius 2 is 2.08 bits per heavy atom. The Morgan fingerprint density at radius 3 is 2.77 bits per heavy atom. The van der Waals surface area contributed by atoms with Gasteiger partial charge in [-0.05, 0) is 18.2 Å². The molecule has 0 unspecified atom stereocenters. The van der Waals surface area contributed by atoms with Crippen molar-refractivity contribution >= 4 is 45.1 Å². The maximum absolute atomic E-state index is 14.3. The number of aromatic nitrogens is 3. The van der Waals surface area contributed by atoms with Crippen molar-refractivity contribution in [2.75, 3.05) is 9.74 Å². The van der Waals surface area contributed by atoms with Crippen molar-refractivity contribution in [2.45, 2.75) is 12.7 Å². The molecule has 136 valence electrons. The van der Waals surface area contributed by atoms with Crippen LogP contribution in [-0.2, 0) is 12.7 Å². The topological polar surface area (TPSA) is 59.8 Å². The first-order valence-corrected chi connectivity index (χ1v) is 8.88. The molecule has 0 aliphatic rings. The van der Waals surface area contributed by atoms with Gasteiger partial charge in [0.25, 0.3) is 5.91 Å². The number of anilines is 1. The number of hydrogen-bond donors (Lipinski definition) is 1. The third-order valence-corrected chi connectivity index (χ3v) is 4.09. The van der Waals surface area contributed by atoms with Gasteiger partial charge < -0.3 is 5.32 Å². The first-order valence-electron chi connectivity index (χ1n) is 7.36. The predicted molar refractivity (Wildman–Crippen MR) is 95.8 cm³/mol. The molecule has 0 saturated carbocycles. The molecular weight excluding hydrogens is 467 g/mol. The minimum atomic E-state index is -4.75. The summed E-state index contributed by atoms with van der Waals surface area (Å²) < 4.78 is 55.7. The lowest BCUT2D eigenvalue weighted by Gasteiger charge is -2.12. The highest BCUT2D eigenvalue weighted by Crippen LogP contribution is 2.31. The fourth-order valence-electron chi connectivity index (χ4n) is 2.45. The van der Waals surface area contributed by atoms with Crippen molar-refractivity contribution in [3.05, 3.63) is 53.7 Å². The summed E-state index contributed by atoms with van der Waals surface area (Å²) in [6.45, 7) is 0.581. The van der Waals surface area contributed by atoms with E-state index in [2.05, 4.69) is 38.0 Å². The van der Waals surface area contributed by atoms with E-state index < -0.39 is 29.2 Å². The fraction of sp³-hybridized carbons (Fsp3) is 0.188. The summed E-state index contributed by atoms with van der Waals surface area (Å²) in [4.78, 5) is 15.7. The predicted octanol–water partition coefficient (Wildman–Crippen LogP) is 4.28. The summed E-state index contributed by atoms with van der Waals surface area (Å²) >= 11 is 2.16. The minimum Gasteiger partial charge on any atom is -0.318 e. The zero-order chi connectivity index (χ0) is 18.9. The average molecular weight is 478 g/mol. The van der Waals surface area contributed by atoms with Crippen LogP contribution in [0.1, 0.15) is 16.1 Å². The Balaban J connectivity index is 1.95. The van der Waals surface area contributed by atoms with Gasteiger partial charge in [0.15, 0.2) is 0 Å². The monoisotopic (exact) mass is 478 g/mol. The fourth-order valence-corrected chi connectivity index (χ4v) is 2.91. The molecule has 0 aliphatic heterocycles.